The molecule has 17 rings (SSSR count). The maximum absolute atomic E-state index is 6.74. The van der Waals surface area contributed by atoms with Crippen LogP contribution < -0.4 is 0 Å². The van der Waals surface area contributed by atoms with E-state index in [4.69, 9.17) is 18.8 Å². The first-order chi connectivity index (χ1) is 38.2. The van der Waals surface area contributed by atoms with E-state index in [1.54, 1.807) is 11.3 Å². The van der Waals surface area contributed by atoms with Crippen molar-refractivity contribution in [2.24, 2.45) is 9.98 Å². The Hall–Kier alpha value is -9.68. The van der Waals surface area contributed by atoms with E-state index in [1.165, 1.54) is 75.8 Å². The highest BCUT2D eigenvalue weighted by molar-refractivity contribution is 7.25. The van der Waals surface area contributed by atoms with Crippen molar-refractivity contribution >= 4 is 92.6 Å². The van der Waals surface area contributed by atoms with Crippen LogP contribution in [-0.2, 0) is 5.41 Å². The third-order valence-corrected chi connectivity index (χ3v) is 17.7. The molecule has 0 N–H and O–H groups in total. The van der Waals surface area contributed by atoms with Gasteiger partial charge in [0.05, 0.1) is 16.8 Å². The van der Waals surface area contributed by atoms with Gasteiger partial charge in [-0.05, 0) is 115 Å². The van der Waals surface area contributed by atoms with Crippen molar-refractivity contribution in [3.05, 3.63) is 282 Å². The summed E-state index contributed by atoms with van der Waals surface area (Å²) >= 11 is 1.81. The number of para-hydroxylation sites is 1. The molecule has 5 heteroatoms. The van der Waals surface area contributed by atoms with Crippen molar-refractivity contribution in [2.45, 2.75) is 11.8 Å². The van der Waals surface area contributed by atoms with E-state index in [-0.39, 0.29) is 0 Å². The maximum Gasteiger partial charge on any atom is 0.160 e. The standard InChI is InChI=1S/C72H42N2O2S/c1-6-26-57-47(17-1)48-18-2-7-27-58(48)72(57)59-28-8-3-19-49(59)52-23-12-22-46(70(52)72)44-16-11-15-42(39-44)43-34-38-63-56(40-43)69-54(25-14-31-65(69)76-63)61-37-36-60(53-24-13-30-64-68(53)55-21-4-9-29-62(55)75-64)73-71(74-61)45-33-35-51-50-20-5-10-32-66(50)77-67(51)41-45/h1-36,38-41H,37H2. The molecule has 0 saturated carbocycles. The lowest BCUT2D eigenvalue weighted by molar-refractivity contribution is 0.668. The van der Waals surface area contributed by atoms with Crippen LogP contribution in [0.25, 0.3) is 114 Å². The second-order valence-corrected chi connectivity index (χ2v) is 21.6. The zero-order valence-electron chi connectivity index (χ0n) is 41.4. The number of hydrogen-bond donors (Lipinski definition) is 0. The average molecular weight is 999 g/mol. The fraction of sp³-hybridized carbons (Fsp3) is 0.0278. The van der Waals surface area contributed by atoms with Gasteiger partial charge in [-0.3, -0.25) is 0 Å². The lowest BCUT2D eigenvalue weighted by atomic mass is 9.68. The van der Waals surface area contributed by atoms with Gasteiger partial charge in [-0.15, -0.1) is 11.3 Å². The molecular formula is C72H42N2O2S. The van der Waals surface area contributed by atoms with E-state index < -0.39 is 5.41 Å². The topological polar surface area (TPSA) is 51.0 Å². The molecule has 3 aliphatic rings. The molecule has 1 spiro atoms. The smallest absolute Gasteiger partial charge is 0.160 e. The molecule has 0 amide bonds. The summed E-state index contributed by atoms with van der Waals surface area (Å²) in [6, 6.07) is 86.0. The van der Waals surface area contributed by atoms with Crippen LogP contribution in [0.1, 0.15) is 45.4 Å². The van der Waals surface area contributed by atoms with Gasteiger partial charge in [-0.25, -0.2) is 9.98 Å². The fourth-order valence-corrected chi connectivity index (χ4v) is 14.5. The molecule has 77 heavy (non-hydrogen) atoms. The summed E-state index contributed by atoms with van der Waals surface area (Å²) in [5.41, 5.74) is 22.9. The second kappa shape index (κ2) is 16.2. The summed E-state index contributed by atoms with van der Waals surface area (Å²) in [5, 5.41) is 6.70. The van der Waals surface area contributed by atoms with E-state index in [9.17, 15) is 0 Å². The zero-order chi connectivity index (χ0) is 50.3. The minimum absolute atomic E-state index is 0.454. The molecule has 4 heterocycles. The Balaban J connectivity index is 0.819. The number of hydrogen-bond acceptors (Lipinski definition) is 5. The highest BCUT2D eigenvalue weighted by atomic mass is 32.1. The molecule has 0 fully saturated rings. The average Bonchev–Trinajstić information content (AvgIpc) is 4.32. The van der Waals surface area contributed by atoms with Gasteiger partial charge in [0.1, 0.15) is 22.3 Å². The van der Waals surface area contributed by atoms with Crippen LogP contribution in [0.5, 0.6) is 0 Å². The number of amidine groups is 1. The summed E-state index contributed by atoms with van der Waals surface area (Å²) in [5.74, 6) is 0.664. The van der Waals surface area contributed by atoms with Crippen molar-refractivity contribution in [1.82, 2.24) is 0 Å². The fourth-order valence-electron chi connectivity index (χ4n) is 13.4. The molecule has 4 nitrogen and oxygen atoms in total. The summed E-state index contributed by atoms with van der Waals surface area (Å²) in [7, 11) is 0. The Morgan fingerprint density at radius 2 is 0.896 bits per heavy atom. The third kappa shape index (κ3) is 6.09. The maximum atomic E-state index is 6.74. The van der Waals surface area contributed by atoms with Crippen LogP contribution in [0, 0.1) is 0 Å². The SMILES string of the molecule is C1=C(c2cccc3oc4ccccc4c23)N=C(c2ccc3c(c2)sc2ccccc23)N=C(c2cccc3oc4ccc(-c5cccc(-c6cccc7c6C6(c8ccccc8-c8ccccc86)c6ccccc6-7)c5)cc4c23)C1. The Kier molecular flexibility index (Phi) is 8.95. The molecule has 0 bridgehead atoms. The predicted molar refractivity (Wildman–Crippen MR) is 320 cm³/mol. The molecule has 0 unspecified atom stereocenters. The van der Waals surface area contributed by atoms with Gasteiger partial charge in [-0.2, -0.15) is 0 Å². The van der Waals surface area contributed by atoms with E-state index >= 15 is 0 Å². The lowest BCUT2D eigenvalue weighted by Crippen LogP contribution is -2.26. The zero-order valence-corrected chi connectivity index (χ0v) is 42.2. The van der Waals surface area contributed by atoms with E-state index in [1.807, 2.05) is 18.2 Å². The lowest BCUT2D eigenvalue weighted by Gasteiger charge is -2.32. The number of thiophene rings is 1. The van der Waals surface area contributed by atoms with Gasteiger partial charge in [0.15, 0.2) is 5.84 Å². The molecular weight excluding hydrogens is 957 g/mol. The number of benzene rings is 11. The molecule has 14 aromatic rings. The third-order valence-electron chi connectivity index (χ3n) is 16.6. The minimum atomic E-state index is -0.454. The normalized spacial score (nSPS) is 14.3. The summed E-state index contributed by atoms with van der Waals surface area (Å²) in [6.45, 7) is 0. The van der Waals surface area contributed by atoms with Crippen LogP contribution in [-0.4, -0.2) is 11.5 Å². The number of allylic oxidation sites excluding steroid dienone is 1. The van der Waals surface area contributed by atoms with Crippen LogP contribution in [0.4, 0.5) is 0 Å². The van der Waals surface area contributed by atoms with Crippen LogP contribution in [0.3, 0.4) is 0 Å². The van der Waals surface area contributed by atoms with Gasteiger partial charge in [0, 0.05) is 64.8 Å². The largest absolute Gasteiger partial charge is 0.456 e. The highest BCUT2D eigenvalue weighted by Gasteiger charge is 2.52. The number of rotatable bonds is 5. The van der Waals surface area contributed by atoms with E-state index in [2.05, 4.69) is 224 Å². The van der Waals surface area contributed by atoms with E-state index in [0.717, 1.165) is 83.1 Å². The second-order valence-electron chi connectivity index (χ2n) is 20.6. The molecule has 0 atom stereocenters. The highest BCUT2D eigenvalue weighted by Crippen LogP contribution is 2.64. The molecule has 11 aromatic carbocycles. The van der Waals surface area contributed by atoms with Gasteiger partial charge in [-0.1, -0.05) is 194 Å². The summed E-state index contributed by atoms with van der Waals surface area (Å²) < 4.78 is 15.6. The summed E-state index contributed by atoms with van der Waals surface area (Å²) in [6.07, 6.45) is 2.79. The van der Waals surface area contributed by atoms with Gasteiger partial charge in [0.2, 0.25) is 0 Å². The van der Waals surface area contributed by atoms with Crippen molar-refractivity contribution in [2.75, 3.05) is 0 Å². The Labute approximate surface area is 446 Å². The van der Waals surface area contributed by atoms with Crippen molar-refractivity contribution in [1.29, 1.82) is 0 Å². The first-order valence-electron chi connectivity index (χ1n) is 26.3. The van der Waals surface area contributed by atoms with Crippen LogP contribution in [0.2, 0.25) is 0 Å². The first kappa shape index (κ1) is 42.7. The molecule has 3 aromatic heterocycles. The predicted octanol–water partition coefficient (Wildman–Crippen LogP) is 19.2. The Morgan fingerprint density at radius 1 is 0.351 bits per heavy atom. The molecule has 1 aliphatic heterocycles. The van der Waals surface area contributed by atoms with E-state index in [0.29, 0.717) is 12.3 Å². The van der Waals surface area contributed by atoms with Gasteiger partial charge < -0.3 is 8.83 Å². The van der Waals surface area contributed by atoms with Crippen molar-refractivity contribution < 1.29 is 8.83 Å². The van der Waals surface area contributed by atoms with Crippen molar-refractivity contribution in [3.8, 4) is 44.5 Å². The Morgan fingerprint density at radius 3 is 1.69 bits per heavy atom. The molecule has 358 valence electrons. The quantitative estimate of drug-likeness (QED) is 0.172. The van der Waals surface area contributed by atoms with Gasteiger partial charge >= 0.3 is 0 Å². The minimum Gasteiger partial charge on any atom is -0.456 e. The molecule has 0 radical (unpaired) electrons. The number of nitrogens with zero attached hydrogens (tertiary/aromatic N) is 2. The molecule has 2 aliphatic carbocycles. The van der Waals surface area contributed by atoms with Crippen LogP contribution >= 0.6 is 11.3 Å². The first-order valence-corrected chi connectivity index (χ1v) is 27.2. The Bertz CT molecular complexity index is 4920. The number of furan rings is 2. The number of fused-ring (bicyclic) bond motifs is 19. The van der Waals surface area contributed by atoms with Gasteiger partial charge in [0.25, 0.3) is 0 Å². The molecule has 0 saturated heterocycles. The van der Waals surface area contributed by atoms with Crippen molar-refractivity contribution in [3.63, 3.8) is 0 Å². The van der Waals surface area contributed by atoms with Crippen LogP contribution in [0.15, 0.2) is 261 Å². The number of aliphatic imine (C=N–C) groups is 2. The monoisotopic (exact) mass is 998 g/mol. The summed E-state index contributed by atoms with van der Waals surface area (Å²) in [4.78, 5) is 11.1.